The van der Waals surface area contributed by atoms with Gasteiger partial charge in [-0.1, -0.05) is 0 Å². The van der Waals surface area contributed by atoms with Crippen molar-refractivity contribution in [3.8, 4) is 0 Å². The van der Waals surface area contributed by atoms with E-state index in [1.54, 1.807) is 0 Å². The highest BCUT2D eigenvalue weighted by Crippen LogP contribution is 1.83. The Morgan fingerprint density at radius 2 is 2.10 bits per heavy atom. The van der Waals surface area contributed by atoms with Crippen molar-refractivity contribution in [3.63, 3.8) is 0 Å². The molecular formula is C5H12N4O. The van der Waals surface area contributed by atoms with Crippen molar-refractivity contribution in [2.24, 2.45) is 0 Å². The fourth-order valence-corrected chi connectivity index (χ4v) is 0.894. The molecule has 0 unspecified atom stereocenters. The molecule has 1 aliphatic heterocycles. The summed E-state index contributed by atoms with van der Waals surface area (Å²) < 4.78 is 0. The summed E-state index contributed by atoms with van der Waals surface area (Å²) in [6.45, 7) is 3.77. The van der Waals surface area contributed by atoms with Crippen LogP contribution in [-0.2, 0) is 4.79 Å². The predicted octanol–water partition coefficient (Wildman–Crippen LogP) is -1.94. The van der Waals surface area contributed by atoms with Gasteiger partial charge in [-0.25, -0.2) is 5.01 Å². The first-order valence-electron chi connectivity index (χ1n) is 3.34. The van der Waals surface area contributed by atoms with E-state index in [2.05, 4.69) is 16.3 Å². The molecule has 58 valence electrons. The average Bonchev–Trinajstić information content (AvgIpc) is 2.03. The fourth-order valence-electron chi connectivity index (χ4n) is 0.894. The Morgan fingerprint density at radius 3 is 2.70 bits per heavy atom. The molecule has 0 spiro atoms. The van der Waals surface area contributed by atoms with E-state index in [-0.39, 0.29) is 0 Å². The number of rotatable bonds is 3. The maximum atomic E-state index is 9.83. The Morgan fingerprint density at radius 1 is 1.40 bits per heavy atom. The molecular weight excluding hydrogens is 132 g/mol. The Kier molecular flexibility index (Phi) is 3.14. The van der Waals surface area contributed by atoms with E-state index < -0.39 is 0 Å². The molecule has 5 heteroatoms. The molecule has 0 aromatic heterocycles. The lowest BCUT2D eigenvalue weighted by Gasteiger charge is -2.26. The minimum absolute atomic E-state index is 0.627. The Labute approximate surface area is 59.7 Å². The van der Waals surface area contributed by atoms with Crippen LogP contribution in [0.1, 0.15) is 0 Å². The van der Waals surface area contributed by atoms with Crippen LogP contribution < -0.4 is 16.3 Å². The quantitative estimate of drug-likeness (QED) is 0.318. The van der Waals surface area contributed by atoms with Crippen LogP contribution in [0.15, 0.2) is 0 Å². The maximum Gasteiger partial charge on any atom is 0.222 e. The lowest BCUT2D eigenvalue weighted by atomic mass is 10.4. The zero-order valence-electron chi connectivity index (χ0n) is 5.76. The molecule has 0 saturated carbocycles. The second-order valence-electron chi connectivity index (χ2n) is 2.11. The number of carbonyl (C=O) groups is 1. The third-order valence-electron chi connectivity index (χ3n) is 1.40. The SMILES string of the molecule is O=CNNN1CCNCC1. The largest absolute Gasteiger partial charge is 0.314 e. The zero-order valence-corrected chi connectivity index (χ0v) is 5.76. The van der Waals surface area contributed by atoms with Gasteiger partial charge in [0.15, 0.2) is 0 Å². The highest BCUT2D eigenvalue weighted by Gasteiger charge is 2.06. The van der Waals surface area contributed by atoms with E-state index in [1.807, 2.05) is 5.01 Å². The number of piperazine rings is 1. The highest BCUT2D eigenvalue weighted by molar-refractivity contribution is 5.44. The molecule has 1 heterocycles. The minimum Gasteiger partial charge on any atom is -0.314 e. The highest BCUT2D eigenvalue weighted by atomic mass is 16.1. The fraction of sp³-hybridized carbons (Fsp3) is 0.800. The van der Waals surface area contributed by atoms with Gasteiger partial charge in [0.1, 0.15) is 0 Å². The summed E-state index contributed by atoms with van der Waals surface area (Å²) in [4.78, 5) is 9.83. The number of nitrogens with one attached hydrogen (secondary N) is 3. The van der Waals surface area contributed by atoms with Crippen LogP contribution >= 0.6 is 0 Å². The molecule has 1 saturated heterocycles. The monoisotopic (exact) mass is 144 g/mol. The summed E-state index contributed by atoms with van der Waals surface area (Å²) in [5.74, 6) is 0. The molecule has 0 bridgehead atoms. The summed E-state index contributed by atoms with van der Waals surface area (Å²) in [7, 11) is 0. The molecule has 10 heavy (non-hydrogen) atoms. The van der Waals surface area contributed by atoms with Gasteiger partial charge in [-0.15, -0.1) is 0 Å². The van der Waals surface area contributed by atoms with E-state index in [1.165, 1.54) is 0 Å². The van der Waals surface area contributed by atoms with Gasteiger partial charge in [-0.3, -0.25) is 10.2 Å². The molecule has 5 nitrogen and oxygen atoms in total. The van der Waals surface area contributed by atoms with Crippen molar-refractivity contribution in [2.75, 3.05) is 26.2 Å². The molecule has 0 aromatic rings. The summed E-state index contributed by atoms with van der Waals surface area (Å²) in [6.07, 6.45) is 0.627. The van der Waals surface area contributed by atoms with Crippen LogP contribution in [0.2, 0.25) is 0 Å². The van der Waals surface area contributed by atoms with Gasteiger partial charge in [0.25, 0.3) is 0 Å². The Hall–Kier alpha value is -0.650. The van der Waals surface area contributed by atoms with E-state index in [4.69, 9.17) is 0 Å². The smallest absolute Gasteiger partial charge is 0.222 e. The number of hydrogen-bond acceptors (Lipinski definition) is 4. The number of amides is 1. The molecule has 1 amide bonds. The molecule has 1 rings (SSSR count). The summed E-state index contributed by atoms with van der Waals surface area (Å²) in [5.41, 5.74) is 5.13. The molecule has 3 N–H and O–H groups in total. The van der Waals surface area contributed by atoms with Crippen molar-refractivity contribution in [1.82, 2.24) is 21.3 Å². The van der Waals surface area contributed by atoms with E-state index in [0.29, 0.717) is 6.41 Å². The lowest BCUT2D eigenvalue weighted by Crippen LogP contribution is -2.54. The average molecular weight is 144 g/mol. The topological polar surface area (TPSA) is 56.4 Å². The van der Waals surface area contributed by atoms with Gasteiger partial charge >= 0.3 is 0 Å². The van der Waals surface area contributed by atoms with Crippen molar-refractivity contribution in [1.29, 1.82) is 0 Å². The van der Waals surface area contributed by atoms with Gasteiger partial charge in [-0.2, -0.15) is 5.53 Å². The van der Waals surface area contributed by atoms with Crippen LogP contribution in [0.5, 0.6) is 0 Å². The minimum atomic E-state index is 0.627. The van der Waals surface area contributed by atoms with Gasteiger partial charge in [0.2, 0.25) is 6.41 Å². The van der Waals surface area contributed by atoms with E-state index in [9.17, 15) is 4.79 Å². The van der Waals surface area contributed by atoms with E-state index >= 15 is 0 Å². The standard InChI is InChI=1S/C5H12N4O/c10-5-7-8-9-3-1-6-2-4-9/h5-6,8H,1-4H2,(H,7,10). The van der Waals surface area contributed by atoms with Crippen LogP contribution in [0, 0.1) is 0 Å². The molecule has 0 atom stereocenters. The molecule has 1 fully saturated rings. The normalized spacial score (nSPS) is 20.4. The van der Waals surface area contributed by atoms with Crippen LogP contribution in [0.25, 0.3) is 0 Å². The van der Waals surface area contributed by atoms with Gasteiger partial charge in [0, 0.05) is 26.2 Å². The number of hydrazine groups is 2. The Bertz CT molecular complexity index is 102. The second kappa shape index (κ2) is 4.21. The molecule has 0 aliphatic carbocycles. The van der Waals surface area contributed by atoms with Gasteiger partial charge in [-0.05, 0) is 0 Å². The van der Waals surface area contributed by atoms with Crippen molar-refractivity contribution in [2.45, 2.75) is 0 Å². The van der Waals surface area contributed by atoms with Crippen molar-refractivity contribution < 1.29 is 4.79 Å². The van der Waals surface area contributed by atoms with Crippen LogP contribution in [0.4, 0.5) is 0 Å². The number of carbonyl (C=O) groups excluding carboxylic acids is 1. The summed E-state index contributed by atoms with van der Waals surface area (Å²) in [5, 5.41) is 5.14. The molecule has 0 radical (unpaired) electrons. The summed E-state index contributed by atoms with van der Waals surface area (Å²) in [6, 6.07) is 0. The third kappa shape index (κ3) is 2.30. The molecule has 1 aliphatic rings. The van der Waals surface area contributed by atoms with Gasteiger partial charge in [0.05, 0.1) is 0 Å². The zero-order chi connectivity index (χ0) is 7.23. The Balaban J connectivity index is 2.07. The third-order valence-corrected chi connectivity index (χ3v) is 1.40. The molecule has 0 aromatic carbocycles. The summed E-state index contributed by atoms with van der Waals surface area (Å²) >= 11 is 0. The van der Waals surface area contributed by atoms with Crippen LogP contribution in [0.3, 0.4) is 0 Å². The van der Waals surface area contributed by atoms with Crippen LogP contribution in [-0.4, -0.2) is 37.6 Å². The second-order valence-corrected chi connectivity index (χ2v) is 2.11. The number of hydrogen-bond donors (Lipinski definition) is 3. The van der Waals surface area contributed by atoms with Gasteiger partial charge < -0.3 is 5.32 Å². The number of nitrogens with zero attached hydrogens (tertiary/aromatic N) is 1. The van der Waals surface area contributed by atoms with E-state index in [0.717, 1.165) is 26.2 Å². The first kappa shape index (κ1) is 7.46. The first-order chi connectivity index (χ1) is 4.93. The maximum absolute atomic E-state index is 9.83. The first-order valence-corrected chi connectivity index (χ1v) is 3.34. The van der Waals surface area contributed by atoms with Crippen molar-refractivity contribution in [3.05, 3.63) is 0 Å². The lowest BCUT2D eigenvalue weighted by molar-refractivity contribution is -0.112. The predicted molar refractivity (Wildman–Crippen MR) is 36.8 cm³/mol. The van der Waals surface area contributed by atoms with Crippen molar-refractivity contribution >= 4 is 6.41 Å².